The number of aromatic nitrogens is 1. The third kappa shape index (κ3) is 3.12. The molecule has 0 saturated carbocycles. The Hall–Kier alpha value is -0.710. The maximum Gasteiger partial charge on any atom is 0.0937 e. The lowest BCUT2D eigenvalue weighted by Crippen LogP contribution is -2.16. The van der Waals surface area contributed by atoms with Crippen molar-refractivity contribution in [1.82, 2.24) is 10.3 Å². The lowest BCUT2D eigenvalue weighted by atomic mass is 10.3. The Labute approximate surface area is 98.0 Å². The number of nitrogens with zero attached hydrogens (tertiary/aromatic N) is 1. The number of thiophene rings is 1. The Morgan fingerprint density at radius 1 is 1.33 bits per heavy atom. The van der Waals surface area contributed by atoms with Gasteiger partial charge in [0.2, 0.25) is 0 Å². The van der Waals surface area contributed by atoms with E-state index in [1.54, 1.807) is 11.3 Å². The molecule has 2 rings (SSSR count). The summed E-state index contributed by atoms with van der Waals surface area (Å²) >= 11 is 3.55. The van der Waals surface area contributed by atoms with Crippen LogP contribution in [0.2, 0.25) is 0 Å². The van der Waals surface area contributed by atoms with Crippen LogP contribution in [0.25, 0.3) is 0 Å². The zero-order valence-electron chi connectivity index (χ0n) is 8.69. The maximum atomic E-state index is 4.25. The van der Waals surface area contributed by atoms with Crippen LogP contribution in [0, 0.1) is 6.92 Å². The van der Waals surface area contributed by atoms with Crippen molar-refractivity contribution in [2.45, 2.75) is 19.9 Å². The molecule has 0 aliphatic carbocycles. The molecule has 0 atom stereocenters. The van der Waals surface area contributed by atoms with Crippen LogP contribution in [0.1, 0.15) is 15.4 Å². The van der Waals surface area contributed by atoms with E-state index in [4.69, 9.17) is 0 Å². The summed E-state index contributed by atoms with van der Waals surface area (Å²) in [6.45, 7) is 4.15. The summed E-state index contributed by atoms with van der Waals surface area (Å²) < 4.78 is 0. The van der Waals surface area contributed by atoms with Gasteiger partial charge in [0.15, 0.2) is 0 Å². The van der Waals surface area contributed by atoms with Gasteiger partial charge in [-0.15, -0.1) is 22.7 Å². The van der Waals surface area contributed by atoms with Gasteiger partial charge in [-0.05, 0) is 23.9 Å². The van der Waals surface area contributed by atoms with Crippen LogP contribution in [0.3, 0.4) is 0 Å². The molecule has 0 saturated heterocycles. The standard InChI is InChI=1S/C11H14N2S2/c1-9-3-6-14-10(9)8-12-4-2-11-13-5-7-15-11/h3,5-7,12H,2,4,8H2,1H3. The highest BCUT2D eigenvalue weighted by Gasteiger charge is 1.99. The van der Waals surface area contributed by atoms with Crippen molar-refractivity contribution in [2.75, 3.05) is 6.54 Å². The summed E-state index contributed by atoms with van der Waals surface area (Å²) in [7, 11) is 0. The molecule has 0 spiro atoms. The minimum Gasteiger partial charge on any atom is -0.311 e. The third-order valence-electron chi connectivity index (χ3n) is 2.25. The minimum atomic E-state index is 0.981. The van der Waals surface area contributed by atoms with Gasteiger partial charge in [-0.25, -0.2) is 4.98 Å². The van der Waals surface area contributed by atoms with Gasteiger partial charge >= 0.3 is 0 Å². The van der Waals surface area contributed by atoms with Crippen LogP contribution in [0.5, 0.6) is 0 Å². The first-order valence-electron chi connectivity index (χ1n) is 4.98. The smallest absolute Gasteiger partial charge is 0.0937 e. The summed E-state index contributed by atoms with van der Waals surface area (Å²) in [4.78, 5) is 5.69. The predicted molar refractivity (Wildman–Crippen MR) is 66.6 cm³/mol. The average Bonchev–Trinajstić information content (AvgIpc) is 2.85. The number of nitrogens with one attached hydrogen (secondary N) is 1. The maximum absolute atomic E-state index is 4.25. The predicted octanol–water partition coefficient (Wildman–Crippen LogP) is 2.85. The molecule has 0 bridgehead atoms. The molecule has 0 radical (unpaired) electrons. The first-order valence-corrected chi connectivity index (χ1v) is 6.74. The molecule has 0 amide bonds. The van der Waals surface area contributed by atoms with E-state index in [0.717, 1.165) is 19.5 Å². The number of aryl methyl sites for hydroxylation is 1. The van der Waals surface area contributed by atoms with Gasteiger partial charge < -0.3 is 5.32 Å². The van der Waals surface area contributed by atoms with E-state index in [0.29, 0.717) is 0 Å². The van der Waals surface area contributed by atoms with Crippen molar-refractivity contribution < 1.29 is 0 Å². The number of hydrogen-bond acceptors (Lipinski definition) is 4. The fourth-order valence-electron chi connectivity index (χ4n) is 1.36. The van der Waals surface area contributed by atoms with Gasteiger partial charge in [0.05, 0.1) is 5.01 Å². The molecule has 0 aliphatic heterocycles. The summed E-state index contributed by atoms with van der Waals surface area (Å²) in [5.74, 6) is 0. The fraction of sp³-hybridized carbons (Fsp3) is 0.364. The Morgan fingerprint density at radius 3 is 2.93 bits per heavy atom. The number of hydrogen-bond donors (Lipinski definition) is 1. The van der Waals surface area contributed by atoms with Gasteiger partial charge in [0.1, 0.15) is 0 Å². The average molecular weight is 238 g/mol. The summed E-state index contributed by atoms with van der Waals surface area (Å²) in [6.07, 6.45) is 2.89. The molecule has 4 heteroatoms. The minimum absolute atomic E-state index is 0.981. The van der Waals surface area contributed by atoms with Crippen molar-refractivity contribution in [1.29, 1.82) is 0 Å². The van der Waals surface area contributed by atoms with Gasteiger partial charge in [0, 0.05) is 36.0 Å². The zero-order chi connectivity index (χ0) is 10.5. The lowest BCUT2D eigenvalue weighted by molar-refractivity contribution is 0.690. The van der Waals surface area contributed by atoms with Gasteiger partial charge in [0.25, 0.3) is 0 Å². The number of thiazole rings is 1. The second kappa shape index (κ2) is 5.39. The Bertz CT molecular complexity index is 392. The van der Waals surface area contributed by atoms with Gasteiger partial charge in [-0.2, -0.15) is 0 Å². The molecule has 0 aromatic carbocycles. The molecule has 0 fully saturated rings. The summed E-state index contributed by atoms with van der Waals surface area (Å²) in [5.41, 5.74) is 1.39. The van der Waals surface area contributed by atoms with E-state index >= 15 is 0 Å². The second-order valence-corrected chi connectivity index (χ2v) is 5.36. The van der Waals surface area contributed by atoms with E-state index in [9.17, 15) is 0 Å². The zero-order valence-corrected chi connectivity index (χ0v) is 10.3. The topological polar surface area (TPSA) is 24.9 Å². The second-order valence-electron chi connectivity index (χ2n) is 3.38. The van der Waals surface area contributed by atoms with Crippen LogP contribution in [-0.4, -0.2) is 11.5 Å². The van der Waals surface area contributed by atoms with Crippen molar-refractivity contribution in [3.63, 3.8) is 0 Å². The fourth-order valence-corrected chi connectivity index (χ4v) is 2.86. The normalized spacial score (nSPS) is 10.7. The van der Waals surface area contributed by atoms with Crippen LogP contribution in [0.15, 0.2) is 23.0 Å². The van der Waals surface area contributed by atoms with E-state index in [1.165, 1.54) is 15.4 Å². The highest BCUT2D eigenvalue weighted by molar-refractivity contribution is 7.10. The Kier molecular flexibility index (Phi) is 3.88. The van der Waals surface area contributed by atoms with Crippen LogP contribution < -0.4 is 5.32 Å². The van der Waals surface area contributed by atoms with Crippen molar-refractivity contribution >= 4 is 22.7 Å². The van der Waals surface area contributed by atoms with Crippen molar-refractivity contribution in [3.05, 3.63) is 38.5 Å². The largest absolute Gasteiger partial charge is 0.311 e. The first kappa shape index (κ1) is 10.8. The lowest BCUT2D eigenvalue weighted by Gasteiger charge is -2.02. The molecule has 2 aromatic rings. The van der Waals surface area contributed by atoms with E-state index in [2.05, 4.69) is 28.7 Å². The molecular formula is C11H14N2S2. The highest BCUT2D eigenvalue weighted by atomic mass is 32.1. The summed E-state index contributed by atoms with van der Waals surface area (Å²) in [5, 5.41) is 8.83. The molecule has 80 valence electrons. The molecule has 2 nitrogen and oxygen atoms in total. The summed E-state index contributed by atoms with van der Waals surface area (Å²) in [6, 6.07) is 2.17. The third-order valence-corrected chi connectivity index (χ3v) is 4.12. The molecule has 2 aromatic heterocycles. The van der Waals surface area contributed by atoms with Crippen molar-refractivity contribution in [2.24, 2.45) is 0 Å². The van der Waals surface area contributed by atoms with Crippen LogP contribution >= 0.6 is 22.7 Å². The van der Waals surface area contributed by atoms with Crippen molar-refractivity contribution in [3.8, 4) is 0 Å². The van der Waals surface area contributed by atoms with Crippen LogP contribution in [0.4, 0.5) is 0 Å². The van der Waals surface area contributed by atoms with Gasteiger partial charge in [-0.1, -0.05) is 0 Å². The SMILES string of the molecule is Cc1ccsc1CNCCc1nccs1. The Balaban J connectivity index is 1.70. The Morgan fingerprint density at radius 2 is 2.27 bits per heavy atom. The molecule has 2 heterocycles. The van der Waals surface area contributed by atoms with Crippen LogP contribution in [-0.2, 0) is 13.0 Å². The highest BCUT2D eigenvalue weighted by Crippen LogP contribution is 2.14. The molecule has 15 heavy (non-hydrogen) atoms. The van der Waals surface area contributed by atoms with Gasteiger partial charge in [-0.3, -0.25) is 0 Å². The first-order chi connectivity index (χ1) is 7.36. The van der Waals surface area contributed by atoms with E-state index < -0.39 is 0 Å². The number of rotatable bonds is 5. The molecule has 0 aliphatic rings. The molecular weight excluding hydrogens is 224 g/mol. The molecule has 0 unspecified atom stereocenters. The quantitative estimate of drug-likeness (QED) is 0.810. The monoisotopic (exact) mass is 238 g/mol. The molecule has 1 N–H and O–H groups in total. The van der Waals surface area contributed by atoms with E-state index in [-0.39, 0.29) is 0 Å². The van der Waals surface area contributed by atoms with E-state index in [1.807, 2.05) is 22.9 Å².